The van der Waals surface area contributed by atoms with Crippen LogP contribution in [0.15, 0.2) is 18.3 Å². The van der Waals surface area contributed by atoms with E-state index in [4.69, 9.17) is 30.4 Å². The highest BCUT2D eigenvalue weighted by molar-refractivity contribution is 7.14. The van der Waals surface area contributed by atoms with Crippen molar-refractivity contribution in [3.8, 4) is 11.4 Å². The van der Waals surface area contributed by atoms with Crippen molar-refractivity contribution < 1.29 is 9.47 Å². The molecule has 9 heteroatoms. The SMILES string of the molecule is C[C@@H]1COCCN1c1cc(Cl)c2snc(-c3ccnn3C3CCCCO3)c2n1. The number of fused-ring (bicyclic) bond motifs is 1. The predicted octanol–water partition coefficient (Wildman–Crippen LogP) is 4.13. The molecule has 0 spiro atoms. The zero-order chi connectivity index (χ0) is 19.1. The minimum atomic E-state index is -0.0478. The van der Waals surface area contributed by atoms with Crippen LogP contribution in [0.25, 0.3) is 21.6 Å². The molecule has 2 atom stereocenters. The molecule has 0 bridgehead atoms. The smallest absolute Gasteiger partial charge is 0.150 e. The Morgan fingerprint density at radius 2 is 2.21 bits per heavy atom. The standard InChI is InChI=1S/C19H22ClN5O2S/c1-12-11-26-9-7-24(12)15-10-13(20)19-18(22-15)17(23-28-19)14-5-6-21-25(14)16-4-2-3-8-27-16/h5-6,10,12,16H,2-4,7-9,11H2,1H3/t12-,16?/m1/s1. The van der Waals surface area contributed by atoms with Crippen LogP contribution in [-0.2, 0) is 9.47 Å². The van der Waals surface area contributed by atoms with Crippen molar-refractivity contribution in [3.05, 3.63) is 23.4 Å². The van der Waals surface area contributed by atoms with E-state index in [-0.39, 0.29) is 12.3 Å². The third-order valence-electron chi connectivity index (χ3n) is 5.37. The largest absolute Gasteiger partial charge is 0.377 e. The fourth-order valence-electron chi connectivity index (χ4n) is 3.90. The van der Waals surface area contributed by atoms with E-state index in [9.17, 15) is 0 Å². The summed E-state index contributed by atoms with van der Waals surface area (Å²) in [6.45, 7) is 5.10. The van der Waals surface area contributed by atoms with Gasteiger partial charge in [-0.2, -0.15) is 9.47 Å². The fraction of sp³-hybridized carbons (Fsp3) is 0.526. The van der Waals surface area contributed by atoms with Gasteiger partial charge in [-0.15, -0.1) is 0 Å². The van der Waals surface area contributed by atoms with Gasteiger partial charge in [-0.1, -0.05) is 11.6 Å². The van der Waals surface area contributed by atoms with Crippen LogP contribution < -0.4 is 4.90 Å². The van der Waals surface area contributed by atoms with E-state index < -0.39 is 0 Å². The quantitative estimate of drug-likeness (QED) is 0.635. The Labute approximate surface area is 172 Å². The van der Waals surface area contributed by atoms with Gasteiger partial charge in [-0.3, -0.25) is 0 Å². The van der Waals surface area contributed by atoms with Gasteiger partial charge in [0.15, 0.2) is 6.23 Å². The number of hydrogen-bond donors (Lipinski definition) is 0. The summed E-state index contributed by atoms with van der Waals surface area (Å²) >= 11 is 8.00. The normalized spacial score (nSPS) is 23.4. The fourth-order valence-corrected chi connectivity index (χ4v) is 4.93. The number of hydrogen-bond acceptors (Lipinski definition) is 7. The molecule has 0 radical (unpaired) electrons. The molecule has 1 unspecified atom stereocenters. The van der Waals surface area contributed by atoms with Crippen LogP contribution in [0.2, 0.25) is 5.02 Å². The number of ether oxygens (including phenoxy) is 2. The highest BCUT2D eigenvalue weighted by atomic mass is 35.5. The number of nitrogens with zero attached hydrogens (tertiary/aromatic N) is 5. The summed E-state index contributed by atoms with van der Waals surface area (Å²) in [5.41, 5.74) is 2.56. The van der Waals surface area contributed by atoms with E-state index >= 15 is 0 Å². The molecule has 0 aliphatic carbocycles. The van der Waals surface area contributed by atoms with Gasteiger partial charge in [0.25, 0.3) is 0 Å². The van der Waals surface area contributed by atoms with Crippen LogP contribution in [0, 0.1) is 0 Å². The van der Waals surface area contributed by atoms with Crippen molar-refractivity contribution in [2.24, 2.45) is 0 Å². The van der Waals surface area contributed by atoms with Gasteiger partial charge in [0.1, 0.15) is 17.0 Å². The average molecular weight is 420 g/mol. The molecule has 2 aliphatic rings. The summed E-state index contributed by atoms with van der Waals surface area (Å²) in [6, 6.07) is 4.17. The van der Waals surface area contributed by atoms with Crippen molar-refractivity contribution in [1.29, 1.82) is 0 Å². The lowest BCUT2D eigenvalue weighted by Gasteiger charge is -2.34. The number of pyridine rings is 1. The average Bonchev–Trinajstić information content (AvgIpc) is 3.36. The number of morpholine rings is 1. The van der Waals surface area contributed by atoms with Crippen molar-refractivity contribution in [1.82, 2.24) is 19.1 Å². The molecule has 2 saturated heterocycles. The summed E-state index contributed by atoms with van der Waals surface area (Å²) in [5, 5.41) is 5.20. The van der Waals surface area contributed by atoms with Gasteiger partial charge in [0.05, 0.1) is 34.7 Å². The Kier molecular flexibility index (Phi) is 4.96. The second-order valence-corrected chi connectivity index (χ2v) is 8.45. The number of halogens is 1. The van der Waals surface area contributed by atoms with Crippen LogP contribution in [0.5, 0.6) is 0 Å². The van der Waals surface area contributed by atoms with E-state index in [2.05, 4.69) is 16.9 Å². The van der Waals surface area contributed by atoms with Gasteiger partial charge in [-0.25, -0.2) is 9.67 Å². The summed E-state index contributed by atoms with van der Waals surface area (Å²) in [7, 11) is 0. The highest BCUT2D eigenvalue weighted by Crippen LogP contribution is 2.38. The molecule has 7 nitrogen and oxygen atoms in total. The number of rotatable bonds is 3. The van der Waals surface area contributed by atoms with E-state index in [0.29, 0.717) is 18.2 Å². The lowest BCUT2D eigenvalue weighted by Crippen LogP contribution is -2.44. The molecule has 0 amide bonds. The van der Waals surface area contributed by atoms with Gasteiger partial charge < -0.3 is 14.4 Å². The third-order valence-corrected chi connectivity index (χ3v) is 6.65. The molecule has 28 heavy (non-hydrogen) atoms. The van der Waals surface area contributed by atoms with Crippen LogP contribution >= 0.6 is 23.1 Å². The van der Waals surface area contributed by atoms with E-state index in [1.165, 1.54) is 11.5 Å². The first-order valence-electron chi connectivity index (χ1n) is 9.68. The maximum Gasteiger partial charge on any atom is 0.150 e. The lowest BCUT2D eigenvalue weighted by molar-refractivity contribution is -0.0383. The van der Waals surface area contributed by atoms with Crippen LogP contribution in [0.4, 0.5) is 5.82 Å². The maximum absolute atomic E-state index is 6.62. The molecular formula is C19H22ClN5O2S. The molecule has 5 heterocycles. The molecule has 148 valence electrons. The molecule has 2 aliphatic heterocycles. The number of aromatic nitrogens is 4. The molecule has 3 aromatic rings. The van der Waals surface area contributed by atoms with Crippen LogP contribution in [0.3, 0.4) is 0 Å². The van der Waals surface area contributed by atoms with Crippen LogP contribution in [0.1, 0.15) is 32.4 Å². The van der Waals surface area contributed by atoms with E-state index in [1.54, 1.807) is 6.20 Å². The highest BCUT2D eigenvalue weighted by Gasteiger charge is 2.25. The predicted molar refractivity (Wildman–Crippen MR) is 110 cm³/mol. The molecule has 0 aromatic carbocycles. The molecule has 3 aromatic heterocycles. The topological polar surface area (TPSA) is 65.3 Å². The Morgan fingerprint density at radius 3 is 3.04 bits per heavy atom. The Morgan fingerprint density at radius 1 is 1.29 bits per heavy atom. The van der Waals surface area contributed by atoms with Gasteiger partial charge in [0, 0.05) is 25.4 Å². The molecular weight excluding hydrogens is 398 g/mol. The van der Waals surface area contributed by atoms with Crippen molar-refractivity contribution in [2.45, 2.75) is 38.5 Å². The van der Waals surface area contributed by atoms with Crippen molar-refractivity contribution >= 4 is 39.2 Å². The van der Waals surface area contributed by atoms with E-state index in [1.807, 2.05) is 16.8 Å². The minimum absolute atomic E-state index is 0.0478. The van der Waals surface area contributed by atoms with Gasteiger partial charge >= 0.3 is 0 Å². The summed E-state index contributed by atoms with van der Waals surface area (Å²) < 4.78 is 19.0. The maximum atomic E-state index is 6.62. The zero-order valence-electron chi connectivity index (χ0n) is 15.7. The summed E-state index contributed by atoms with van der Waals surface area (Å²) in [6.07, 6.45) is 4.96. The summed E-state index contributed by atoms with van der Waals surface area (Å²) in [5.74, 6) is 0.870. The Bertz CT molecular complexity index is 984. The first kappa shape index (κ1) is 18.3. The van der Waals surface area contributed by atoms with Gasteiger partial charge in [0.2, 0.25) is 0 Å². The molecule has 0 saturated carbocycles. The van der Waals surface area contributed by atoms with Crippen molar-refractivity contribution in [3.63, 3.8) is 0 Å². The minimum Gasteiger partial charge on any atom is -0.377 e. The second kappa shape index (κ2) is 7.59. The molecule has 2 fully saturated rings. The first-order chi connectivity index (χ1) is 13.7. The van der Waals surface area contributed by atoms with Crippen molar-refractivity contribution in [2.75, 3.05) is 31.3 Å². The molecule has 0 N–H and O–H groups in total. The van der Waals surface area contributed by atoms with Gasteiger partial charge in [-0.05, 0) is 43.8 Å². The molecule has 5 rings (SSSR count). The first-order valence-corrected chi connectivity index (χ1v) is 10.8. The second-order valence-electron chi connectivity index (χ2n) is 7.27. The third kappa shape index (κ3) is 3.18. The Hall–Kier alpha value is -1.74. The monoisotopic (exact) mass is 419 g/mol. The lowest BCUT2D eigenvalue weighted by atomic mass is 10.2. The summed E-state index contributed by atoms with van der Waals surface area (Å²) in [4.78, 5) is 7.21. The van der Waals surface area contributed by atoms with E-state index in [0.717, 1.165) is 59.8 Å². The number of anilines is 1. The Balaban J connectivity index is 1.59. The zero-order valence-corrected chi connectivity index (χ0v) is 17.2. The van der Waals surface area contributed by atoms with Crippen LogP contribution in [-0.4, -0.2) is 51.5 Å².